The second-order valence-electron chi connectivity index (χ2n) is 32.6. The van der Waals surface area contributed by atoms with Gasteiger partial charge in [-0.15, -0.1) is 45.3 Å². The van der Waals surface area contributed by atoms with Gasteiger partial charge in [-0.05, 0) is 181 Å². The highest BCUT2D eigenvalue weighted by Gasteiger charge is 2.44. The topological polar surface area (TPSA) is 113 Å². The van der Waals surface area contributed by atoms with Crippen molar-refractivity contribution >= 4 is 113 Å². The molecule has 18 rings (SSSR count). The number of aryl methyl sites for hydroxylation is 4. The van der Waals surface area contributed by atoms with Gasteiger partial charge in [0.15, 0.2) is 93.1 Å². The first-order valence-electron chi connectivity index (χ1n) is 43.0. The zero-order chi connectivity index (χ0) is 93.5. The normalized spacial score (nSPS) is 14.9. The van der Waals surface area contributed by atoms with Gasteiger partial charge < -0.3 is 19.9 Å². The summed E-state index contributed by atoms with van der Waals surface area (Å²) in [6, 6.07) is 19.1. The Kier molecular flexibility index (Phi) is 24.4. The second-order valence-corrected chi connectivity index (χ2v) is 37.0. The number of halogens is 20. The molecule has 0 unspecified atom stereocenters. The Morgan fingerprint density at radius 2 is 0.439 bits per heavy atom. The third kappa shape index (κ3) is 14.7. The number of aromatic nitrogens is 4. The maximum Gasteiger partial charge on any atom is 0.200 e. The molecule has 678 valence electrons. The number of H-pyrrole nitrogens is 4. The lowest BCUT2D eigenvalue weighted by Gasteiger charge is -2.18. The van der Waals surface area contributed by atoms with Crippen LogP contribution >= 0.6 is 45.3 Å². The van der Waals surface area contributed by atoms with Crippen LogP contribution in [-0.4, -0.2) is 42.8 Å². The Morgan fingerprint density at radius 3 is 0.682 bits per heavy atom. The number of thiophene rings is 4. The van der Waals surface area contributed by atoms with E-state index in [9.17, 15) is 0 Å². The first-order chi connectivity index (χ1) is 63.4. The van der Waals surface area contributed by atoms with Gasteiger partial charge in [0.25, 0.3) is 0 Å². The zero-order valence-corrected chi connectivity index (χ0v) is 74.6. The molecular formula is C100H74F20N8S4. The molecule has 24 bridgehead atoms. The van der Waals surface area contributed by atoms with Crippen LogP contribution in [0.5, 0.6) is 0 Å². The summed E-state index contributed by atoms with van der Waals surface area (Å²) in [5.41, 5.74) is -7.66. The molecule has 8 aromatic heterocycles. The molecule has 12 aromatic rings. The maximum atomic E-state index is 18.1. The van der Waals surface area contributed by atoms with E-state index in [2.05, 4.69) is 19.9 Å². The minimum absolute atomic E-state index is 0.0131. The highest BCUT2D eigenvalue weighted by atomic mass is 32.1. The molecule has 6 aliphatic heterocycles. The quantitative estimate of drug-likeness (QED) is 0.0312. The van der Waals surface area contributed by atoms with Crippen LogP contribution in [0.25, 0.3) is 45.1 Å². The molecule has 132 heavy (non-hydrogen) atoms. The van der Waals surface area contributed by atoms with Gasteiger partial charge in [0.2, 0.25) is 23.3 Å². The molecule has 14 heterocycles. The first-order valence-corrected chi connectivity index (χ1v) is 46.3. The molecule has 0 radical (unpaired) electrons. The molecule has 0 saturated carbocycles. The number of nitrogens with one attached hydrogen (secondary N) is 4. The fourth-order valence-electron chi connectivity index (χ4n) is 18.3. The fraction of sp³-hybridized carbons (Fsp3) is 0.240. The van der Waals surface area contributed by atoms with E-state index < -0.39 is 172 Å². The van der Waals surface area contributed by atoms with Gasteiger partial charge in [-0.25, -0.2) is 108 Å². The molecule has 0 atom stereocenters. The lowest BCUT2D eigenvalue weighted by atomic mass is 9.83. The Hall–Kier alpha value is -12.0. The van der Waals surface area contributed by atoms with Crippen LogP contribution in [0.2, 0.25) is 0 Å². The van der Waals surface area contributed by atoms with Gasteiger partial charge in [0.1, 0.15) is 0 Å². The predicted molar refractivity (Wildman–Crippen MR) is 472 cm³/mol. The average molecular weight is 1900 g/mol. The number of aromatic amines is 4. The van der Waals surface area contributed by atoms with Crippen molar-refractivity contribution in [3.63, 3.8) is 0 Å². The van der Waals surface area contributed by atoms with Gasteiger partial charge in [-0.1, -0.05) is 107 Å². The van der Waals surface area contributed by atoms with E-state index in [4.69, 9.17) is 20.0 Å². The summed E-state index contributed by atoms with van der Waals surface area (Å²) in [7, 11) is 0. The highest BCUT2D eigenvalue weighted by Crippen LogP contribution is 2.49. The lowest BCUT2D eigenvalue weighted by molar-refractivity contribution is 0.376. The molecule has 4 aromatic carbocycles. The van der Waals surface area contributed by atoms with Crippen molar-refractivity contribution in [1.82, 2.24) is 19.9 Å². The Labute approximate surface area is 752 Å². The van der Waals surface area contributed by atoms with Crippen LogP contribution in [0, 0.1) is 156 Å². The van der Waals surface area contributed by atoms with Gasteiger partial charge in [0.05, 0.1) is 147 Å². The SMILES string of the molecule is CCCC1=CC2=c3ccc(s3)=c3cc(CCC)c([nH]3)=C(c3c(F)c(F)c(F)c(F)c3F)C3=NC(=c4ccc(s4)=c4cc(CCC)c([nH]4)=C(c4c(F)c(F)c(F)c(F)c4F)C1=N2)C(C1=C(CCC)C2=NC1=c1ccc(s1)=c1cc(CCC)c([nH]1)=C(c1c(F)c(F)c(F)c(F)c1F)C1=NC(=c4ccc(s4)=c4cc(CCC)c([nH]4)=C2c2c(F)c(F)c(F)c(F)c2F)C=C1CCC)=C3CCC. The molecule has 8 nitrogen and oxygen atoms in total. The van der Waals surface area contributed by atoms with E-state index in [0.29, 0.717) is 55.0 Å². The van der Waals surface area contributed by atoms with Gasteiger partial charge in [-0.2, -0.15) is 0 Å². The highest BCUT2D eigenvalue weighted by molar-refractivity contribution is 7.09. The smallest absolute Gasteiger partial charge is 0.200 e. The predicted octanol–water partition coefficient (Wildman–Crippen LogP) is 21.8. The van der Waals surface area contributed by atoms with Crippen molar-refractivity contribution in [2.75, 3.05) is 0 Å². The van der Waals surface area contributed by atoms with Crippen molar-refractivity contribution in [1.29, 1.82) is 0 Å². The summed E-state index contributed by atoms with van der Waals surface area (Å²) < 4.78 is 338. The zero-order valence-electron chi connectivity index (χ0n) is 71.4. The van der Waals surface area contributed by atoms with Crippen LogP contribution in [0.15, 0.2) is 138 Å². The number of nitrogens with zero attached hydrogens (tertiary/aromatic N) is 4. The lowest BCUT2D eigenvalue weighted by Crippen LogP contribution is -2.24. The van der Waals surface area contributed by atoms with E-state index in [1.54, 1.807) is 128 Å². The number of allylic oxidation sites excluding steroid dienone is 4. The monoisotopic (exact) mass is 1890 g/mol. The summed E-state index contributed by atoms with van der Waals surface area (Å²) in [5.74, 6) is -46.2. The second kappa shape index (κ2) is 35.5. The van der Waals surface area contributed by atoms with E-state index in [1.807, 2.05) is 0 Å². The van der Waals surface area contributed by atoms with Crippen molar-refractivity contribution < 1.29 is 87.8 Å². The molecule has 4 N–H and O–H groups in total. The average Bonchev–Trinajstić information content (AvgIpc) is 1.55. The van der Waals surface area contributed by atoms with Crippen molar-refractivity contribution in [3.05, 3.63) is 358 Å². The molecule has 0 spiro atoms. The van der Waals surface area contributed by atoms with Crippen molar-refractivity contribution in [2.24, 2.45) is 20.0 Å². The van der Waals surface area contributed by atoms with Crippen molar-refractivity contribution in [2.45, 2.75) is 158 Å². The van der Waals surface area contributed by atoms with E-state index in [1.165, 1.54) is 12.1 Å². The molecule has 0 amide bonds. The molecule has 0 fully saturated rings. The standard InChI is InChI=1S/C100H74F20N8S4/c1-9-17-39-33-47-53-25-27-55(129-53)49-37-43(21-13-5)95(125-49)69(65-75(105)83(113)89(119)84(114)76(65)106)97-45(23-15-7)61(99(127-97)59-31-29-57(131-59)51-35-41(19-11-3)93(123-51)67(91(39)121-47)63-71(101)79(109)87(117)80(110)72(63)102)62-46(24-16-8)98-70(66-77(107)85(115)90(120)86(116)78(66)108)96-44(22-14-6)38-50(126-96)56-28-26-54(130-56)48-34-40(18-10-2)92(122-48)68(64-73(103)81(111)88(118)82(112)74(64)104)94-42(20-12-4)36-52(124-94)58-30-32-60(132-58)100(62)128-98/h25-38,123-126H,9-24H2,1-8H3. The summed E-state index contributed by atoms with van der Waals surface area (Å²) >= 11 is 3.96. The van der Waals surface area contributed by atoms with E-state index >= 15 is 87.8 Å². The third-order valence-corrected chi connectivity index (χ3v) is 28.5. The van der Waals surface area contributed by atoms with Gasteiger partial charge >= 0.3 is 0 Å². The van der Waals surface area contributed by atoms with Gasteiger partial charge in [-0.3, -0.25) is 0 Å². The van der Waals surface area contributed by atoms with Crippen molar-refractivity contribution in [3.8, 4) is 0 Å². The van der Waals surface area contributed by atoms with Crippen LogP contribution in [0.1, 0.15) is 177 Å². The molecule has 0 saturated heterocycles. The largest absolute Gasteiger partial charge is 0.354 e. The molecule has 32 heteroatoms. The van der Waals surface area contributed by atoms with Crippen LogP contribution in [-0.2, 0) is 25.7 Å². The first kappa shape index (κ1) is 90.5. The number of fused-ring (bicyclic) bond motifs is 20. The summed E-state index contributed by atoms with van der Waals surface area (Å²) in [4.78, 5) is 34.2. The Morgan fingerprint density at radius 1 is 0.227 bits per heavy atom. The van der Waals surface area contributed by atoms with Gasteiger partial charge in [0, 0.05) is 33.4 Å². The summed E-state index contributed by atoms with van der Waals surface area (Å²) in [5, 5.41) is -0.0723. The number of rotatable bonds is 21. The minimum atomic E-state index is -2.52. The molecular weight excluding hydrogens is 1820 g/mol. The molecule has 0 aliphatic carbocycles. The van der Waals surface area contributed by atoms with Crippen LogP contribution in [0.3, 0.4) is 0 Å². The number of benzene rings is 4. The fourth-order valence-corrected chi connectivity index (χ4v) is 22.1. The molecule has 6 aliphatic rings. The van der Waals surface area contributed by atoms with E-state index in [0.717, 1.165) is 45.3 Å². The summed E-state index contributed by atoms with van der Waals surface area (Å²) in [6.07, 6.45) is 5.10. The van der Waals surface area contributed by atoms with Crippen LogP contribution < -0.4 is 39.5 Å². The minimum Gasteiger partial charge on any atom is -0.354 e. The third-order valence-electron chi connectivity index (χ3n) is 24.0. The number of hydrogen-bond acceptors (Lipinski definition) is 8. The van der Waals surface area contributed by atoms with Crippen LogP contribution in [0.4, 0.5) is 87.8 Å². The number of aliphatic imine (C=N–C) groups is 4. The number of hydrogen-bond donors (Lipinski definition) is 4. The Balaban J connectivity index is 1.10. The van der Waals surface area contributed by atoms with E-state index in [-0.39, 0.29) is 217 Å². The maximum absolute atomic E-state index is 18.1. The Bertz CT molecular complexity index is 7800. The summed E-state index contributed by atoms with van der Waals surface area (Å²) in [6.45, 7) is 14.1.